The Morgan fingerprint density at radius 1 is 1.11 bits per heavy atom. The van der Waals surface area contributed by atoms with Gasteiger partial charge in [-0.2, -0.15) is 4.98 Å². The van der Waals surface area contributed by atoms with Crippen molar-refractivity contribution in [2.24, 2.45) is 5.73 Å². The maximum absolute atomic E-state index is 15.2. The number of nitrogen functional groups attached to an aromatic ring is 1. The Kier molecular flexibility index (Phi) is 7.11. The van der Waals surface area contributed by atoms with Gasteiger partial charge >= 0.3 is 0 Å². The van der Waals surface area contributed by atoms with Crippen LogP contribution in [-0.2, 0) is 4.79 Å². The Balaban J connectivity index is 1.55. The van der Waals surface area contributed by atoms with Crippen molar-refractivity contribution >= 4 is 28.6 Å². The molecule has 1 aliphatic heterocycles. The lowest BCUT2D eigenvalue weighted by Gasteiger charge is -2.44. The highest BCUT2D eigenvalue weighted by molar-refractivity contribution is 5.92. The summed E-state index contributed by atoms with van der Waals surface area (Å²) in [5.41, 5.74) is 13.1. The van der Waals surface area contributed by atoms with E-state index in [9.17, 15) is 9.18 Å². The molecule has 0 radical (unpaired) electrons. The lowest BCUT2D eigenvalue weighted by atomic mass is 10.0. The second-order valence-corrected chi connectivity index (χ2v) is 8.99. The molecule has 2 heterocycles. The van der Waals surface area contributed by atoms with Crippen LogP contribution in [0.15, 0.2) is 30.3 Å². The minimum absolute atomic E-state index is 0.0266. The number of hydrogen-bond acceptors (Lipinski definition) is 8. The normalized spacial score (nSPS) is 18.9. The van der Waals surface area contributed by atoms with Gasteiger partial charge in [0.1, 0.15) is 17.2 Å². The molecule has 1 aliphatic rings. The van der Waals surface area contributed by atoms with Gasteiger partial charge in [0.25, 0.3) is 0 Å². The molecule has 0 saturated carbocycles. The molecule has 1 amide bonds. The Bertz CT molecular complexity index is 1270. The maximum atomic E-state index is 15.2. The number of carbonyl (C=O) groups excluding carboxylic acids is 1. The first kappa shape index (κ1) is 25.4. The number of rotatable bonds is 6. The van der Waals surface area contributed by atoms with Crippen LogP contribution in [0, 0.1) is 11.6 Å². The number of anilines is 2. The number of nitrogens with two attached hydrogens (primary N) is 2. The van der Waals surface area contributed by atoms with Crippen LogP contribution in [0.2, 0.25) is 0 Å². The lowest BCUT2D eigenvalue weighted by Crippen LogP contribution is -2.58. The van der Waals surface area contributed by atoms with E-state index in [1.54, 1.807) is 23.1 Å². The summed E-state index contributed by atoms with van der Waals surface area (Å²) in [4.78, 5) is 25.6. The predicted molar refractivity (Wildman–Crippen MR) is 133 cm³/mol. The SMILES string of the molecule is COc1cc2c(N)nc(N3CC(C)N(C(=O)CC(N)c4ccc(F)cc4)CC3C)nc2c(F)c1OC. The first-order chi connectivity index (χ1) is 17.1. The minimum atomic E-state index is -0.688. The fourth-order valence-corrected chi connectivity index (χ4v) is 4.55. The third kappa shape index (κ3) is 4.70. The van der Waals surface area contributed by atoms with Crippen molar-refractivity contribution in [1.29, 1.82) is 0 Å². The standard InChI is InChI=1S/C25H30F2N6O3/c1-13-12-33(14(2)11-32(13)20(34)10-18(28)15-5-7-16(26)8-6-15)25-30-22-17(24(29)31-25)9-19(35-3)23(36-4)21(22)27/h5-9,13-14,18H,10-12,28H2,1-4H3,(H2,29,30,31). The minimum Gasteiger partial charge on any atom is -0.493 e. The van der Waals surface area contributed by atoms with E-state index in [1.165, 1.54) is 26.4 Å². The van der Waals surface area contributed by atoms with E-state index in [-0.39, 0.29) is 59.0 Å². The quantitative estimate of drug-likeness (QED) is 0.530. The summed E-state index contributed by atoms with van der Waals surface area (Å²) in [6.45, 7) is 4.66. The Morgan fingerprint density at radius 2 is 1.81 bits per heavy atom. The van der Waals surface area contributed by atoms with E-state index in [0.29, 0.717) is 24.0 Å². The van der Waals surface area contributed by atoms with Crippen LogP contribution in [0.25, 0.3) is 10.9 Å². The molecule has 3 atom stereocenters. The van der Waals surface area contributed by atoms with Gasteiger partial charge in [-0.25, -0.2) is 13.8 Å². The third-order valence-electron chi connectivity index (χ3n) is 6.55. The highest BCUT2D eigenvalue weighted by Crippen LogP contribution is 2.38. The summed E-state index contributed by atoms with van der Waals surface area (Å²) in [7, 11) is 2.76. The maximum Gasteiger partial charge on any atom is 0.228 e. The molecule has 0 bridgehead atoms. The van der Waals surface area contributed by atoms with Crippen LogP contribution in [0.1, 0.15) is 31.9 Å². The van der Waals surface area contributed by atoms with Gasteiger partial charge in [0.05, 0.1) is 14.2 Å². The number of aromatic nitrogens is 2. The molecule has 9 nitrogen and oxygen atoms in total. The zero-order valence-corrected chi connectivity index (χ0v) is 20.7. The van der Waals surface area contributed by atoms with Crippen LogP contribution < -0.4 is 25.8 Å². The van der Waals surface area contributed by atoms with E-state index in [2.05, 4.69) is 9.97 Å². The summed E-state index contributed by atoms with van der Waals surface area (Å²) in [5.74, 6) is -0.648. The number of hydrogen-bond donors (Lipinski definition) is 2. The molecule has 1 saturated heterocycles. The van der Waals surface area contributed by atoms with E-state index in [4.69, 9.17) is 20.9 Å². The average Bonchev–Trinajstić information content (AvgIpc) is 2.85. The largest absolute Gasteiger partial charge is 0.493 e. The fourth-order valence-electron chi connectivity index (χ4n) is 4.55. The van der Waals surface area contributed by atoms with Crippen molar-refractivity contribution < 1.29 is 23.0 Å². The molecule has 3 aromatic rings. The number of amides is 1. The van der Waals surface area contributed by atoms with Gasteiger partial charge in [0.15, 0.2) is 17.3 Å². The highest BCUT2D eigenvalue weighted by atomic mass is 19.1. The number of benzene rings is 2. The molecule has 2 aromatic carbocycles. The van der Waals surface area contributed by atoms with Crippen molar-refractivity contribution in [1.82, 2.24) is 14.9 Å². The average molecular weight is 501 g/mol. The van der Waals surface area contributed by atoms with Gasteiger partial charge in [0.2, 0.25) is 11.9 Å². The first-order valence-electron chi connectivity index (χ1n) is 11.6. The molecular weight excluding hydrogens is 470 g/mol. The van der Waals surface area contributed by atoms with Crippen LogP contribution in [-0.4, -0.2) is 60.2 Å². The Labute approximate surface area is 208 Å². The molecular formula is C25H30F2N6O3. The molecule has 4 N–H and O–H groups in total. The Morgan fingerprint density at radius 3 is 2.44 bits per heavy atom. The van der Waals surface area contributed by atoms with Gasteiger partial charge in [-0.3, -0.25) is 4.79 Å². The molecule has 3 unspecified atom stereocenters. The summed E-state index contributed by atoms with van der Waals surface area (Å²) < 4.78 is 38.8. The second kappa shape index (κ2) is 10.1. The fraction of sp³-hybridized carbons (Fsp3) is 0.400. The molecule has 36 heavy (non-hydrogen) atoms. The van der Waals surface area contributed by atoms with Crippen molar-refractivity contribution in [2.75, 3.05) is 37.9 Å². The van der Waals surface area contributed by atoms with Gasteiger partial charge in [-0.05, 0) is 37.6 Å². The first-order valence-corrected chi connectivity index (χ1v) is 11.6. The zero-order chi connectivity index (χ0) is 26.1. The number of carbonyl (C=O) groups is 1. The predicted octanol–water partition coefficient (Wildman–Crippen LogP) is 3.02. The molecule has 192 valence electrons. The number of fused-ring (bicyclic) bond motifs is 1. The van der Waals surface area contributed by atoms with Gasteiger partial charge in [0, 0.05) is 43.0 Å². The summed E-state index contributed by atoms with van der Waals surface area (Å²) in [6.07, 6.45) is 0.0922. The molecule has 0 aliphatic carbocycles. The van der Waals surface area contributed by atoms with Crippen molar-refractivity contribution in [3.05, 3.63) is 47.5 Å². The molecule has 0 spiro atoms. The van der Waals surface area contributed by atoms with E-state index in [1.807, 2.05) is 18.7 Å². The number of piperazine rings is 1. The molecule has 11 heteroatoms. The summed E-state index contributed by atoms with van der Waals surface area (Å²) in [5, 5.41) is 0.318. The van der Waals surface area contributed by atoms with E-state index < -0.39 is 11.9 Å². The number of halogens is 2. The van der Waals surface area contributed by atoms with E-state index >= 15 is 4.39 Å². The van der Waals surface area contributed by atoms with Gasteiger partial charge in [-0.1, -0.05) is 12.1 Å². The smallest absolute Gasteiger partial charge is 0.228 e. The summed E-state index contributed by atoms with van der Waals surface area (Å²) >= 11 is 0. The van der Waals surface area contributed by atoms with Crippen LogP contribution >= 0.6 is 0 Å². The van der Waals surface area contributed by atoms with E-state index in [0.717, 1.165) is 0 Å². The van der Waals surface area contributed by atoms with Crippen molar-refractivity contribution in [2.45, 2.75) is 38.4 Å². The molecule has 4 rings (SSSR count). The monoisotopic (exact) mass is 500 g/mol. The summed E-state index contributed by atoms with van der Waals surface area (Å²) in [6, 6.07) is 6.46. The highest BCUT2D eigenvalue weighted by Gasteiger charge is 2.34. The van der Waals surface area contributed by atoms with Crippen molar-refractivity contribution in [3.8, 4) is 11.5 Å². The molecule has 1 fully saturated rings. The third-order valence-corrected chi connectivity index (χ3v) is 6.55. The number of methoxy groups -OCH3 is 2. The van der Waals surface area contributed by atoms with Crippen LogP contribution in [0.5, 0.6) is 11.5 Å². The number of nitrogens with zero attached hydrogens (tertiary/aromatic N) is 4. The second-order valence-electron chi connectivity index (χ2n) is 8.99. The molecule has 1 aromatic heterocycles. The Hall–Kier alpha value is -3.73. The zero-order valence-electron chi connectivity index (χ0n) is 20.7. The van der Waals surface area contributed by atoms with Gasteiger partial charge in [-0.15, -0.1) is 0 Å². The number of ether oxygens (including phenoxy) is 2. The van der Waals surface area contributed by atoms with Gasteiger partial charge < -0.3 is 30.7 Å². The van der Waals surface area contributed by atoms with Crippen LogP contribution in [0.4, 0.5) is 20.5 Å². The lowest BCUT2D eigenvalue weighted by molar-refractivity contribution is -0.134. The van der Waals surface area contributed by atoms with Crippen molar-refractivity contribution in [3.63, 3.8) is 0 Å². The topological polar surface area (TPSA) is 120 Å². The van der Waals surface area contributed by atoms with Crippen LogP contribution in [0.3, 0.4) is 0 Å².